The van der Waals surface area contributed by atoms with Crippen molar-refractivity contribution in [1.82, 2.24) is 5.32 Å². The molecule has 0 unspecified atom stereocenters. The van der Waals surface area contributed by atoms with E-state index in [0.717, 1.165) is 0 Å². The SMILES string of the molecule is CC(C)(C)OC[C@H](NC(=O)c1cc(Cl)cc(Cl)c1)C(=O)O. The molecule has 0 aliphatic carbocycles. The summed E-state index contributed by atoms with van der Waals surface area (Å²) in [5.41, 5.74) is -0.313. The Hall–Kier alpha value is -1.30. The van der Waals surface area contributed by atoms with Crippen molar-refractivity contribution in [1.29, 1.82) is 0 Å². The fraction of sp³-hybridized carbons (Fsp3) is 0.429. The van der Waals surface area contributed by atoms with Crippen LogP contribution in [0.4, 0.5) is 0 Å². The van der Waals surface area contributed by atoms with E-state index >= 15 is 0 Å². The van der Waals surface area contributed by atoms with E-state index in [1.165, 1.54) is 18.2 Å². The smallest absolute Gasteiger partial charge is 0.328 e. The van der Waals surface area contributed by atoms with Crippen molar-refractivity contribution in [2.75, 3.05) is 6.61 Å². The molecule has 1 aromatic carbocycles. The molecule has 0 heterocycles. The van der Waals surface area contributed by atoms with Gasteiger partial charge in [0.25, 0.3) is 5.91 Å². The van der Waals surface area contributed by atoms with Crippen LogP contribution in [0.1, 0.15) is 31.1 Å². The molecule has 5 nitrogen and oxygen atoms in total. The van der Waals surface area contributed by atoms with Gasteiger partial charge in [0.15, 0.2) is 6.04 Å². The van der Waals surface area contributed by atoms with Gasteiger partial charge in [0.2, 0.25) is 0 Å². The second kappa shape index (κ2) is 7.11. The Kier molecular flexibility index (Phi) is 6.01. The number of benzene rings is 1. The highest BCUT2D eigenvalue weighted by Gasteiger charge is 2.24. The van der Waals surface area contributed by atoms with Crippen molar-refractivity contribution in [2.24, 2.45) is 0 Å². The fourth-order valence-electron chi connectivity index (χ4n) is 1.43. The van der Waals surface area contributed by atoms with Gasteiger partial charge in [-0.15, -0.1) is 0 Å². The van der Waals surface area contributed by atoms with Gasteiger partial charge in [0, 0.05) is 15.6 Å². The Labute approximate surface area is 133 Å². The van der Waals surface area contributed by atoms with Crippen molar-refractivity contribution in [3.63, 3.8) is 0 Å². The first kappa shape index (κ1) is 17.8. The maximum atomic E-state index is 12.0. The van der Waals surface area contributed by atoms with Crippen LogP contribution < -0.4 is 5.32 Å². The highest BCUT2D eigenvalue weighted by molar-refractivity contribution is 6.35. The highest BCUT2D eigenvalue weighted by Crippen LogP contribution is 2.19. The lowest BCUT2D eigenvalue weighted by atomic mass is 10.1. The molecule has 0 saturated carbocycles. The summed E-state index contributed by atoms with van der Waals surface area (Å²) < 4.78 is 5.39. The van der Waals surface area contributed by atoms with Crippen molar-refractivity contribution >= 4 is 35.1 Å². The molecule has 0 aliphatic rings. The molecule has 1 aromatic rings. The number of halogens is 2. The molecule has 2 N–H and O–H groups in total. The predicted molar refractivity (Wildman–Crippen MR) is 81.1 cm³/mol. The first-order valence-electron chi connectivity index (χ1n) is 6.22. The van der Waals surface area contributed by atoms with Crippen LogP contribution in [0.25, 0.3) is 0 Å². The summed E-state index contributed by atoms with van der Waals surface area (Å²) >= 11 is 11.6. The largest absolute Gasteiger partial charge is 0.480 e. The molecule has 1 atom stereocenters. The van der Waals surface area contributed by atoms with E-state index in [9.17, 15) is 9.59 Å². The molecule has 7 heteroatoms. The van der Waals surface area contributed by atoms with Gasteiger partial charge in [-0.05, 0) is 39.0 Å². The number of hydrogen-bond donors (Lipinski definition) is 2. The van der Waals surface area contributed by atoms with Gasteiger partial charge in [0.05, 0.1) is 12.2 Å². The molecule has 0 saturated heterocycles. The number of carboxylic acid groups (broad SMARTS) is 1. The third-order valence-electron chi connectivity index (χ3n) is 2.41. The number of carbonyl (C=O) groups excluding carboxylic acids is 1. The summed E-state index contributed by atoms with van der Waals surface area (Å²) in [7, 11) is 0. The molecule has 0 bridgehead atoms. The number of nitrogens with one attached hydrogen (secondary N) is 1. The van der Waals surface area contributed by atoms with Crippen LogP contribution in [0.15, 0.2) is 18.2 Å². The van der Waals surface area contributed by atoms with Crippen LogP contribution in [-0.4, -0.2) is 35.2 Å². The lowest BCUT2D eigenvalue weighted by Gasteiger charge is -2.23. The summed E-state index contributed by atoms with van der Waals surface area (Å²) in [6, 6.07) is 3.14. The molecule has 0 spiro atoms. The number of ether oxygens (including phenoxy) is 1. The summed E-state index contributed by atoms with van der Waals surface area (Å²) in [4.78, 5) is 23.2. The lowest BCUT2D eigenvalue weighted by Crippen LogP contribution is -2.45. The normalized spacial score (nSPS) is 12.8. The van der Waals surface area contributed by atoms with Crippen LogP contribution in [0.2, 0.25) is 10.0 Å². The van der Waals surface area contributed by atoms with E-state index in [4.69, 9.17) is 33.0 Å². The zero-order valence-electron chi connectivity index (χ0n) is 11.9. The number of carbonyl (C=O) groups is 2. The minimum Gasteiger partial charge on any atom is -0.480 e. The fourth-order valence-corrected chi connectivity index (χ4v) is 1.96. The first-order chi connectivity index (χ1) is 9.58. The Morgan fingerprint density at radius 3 is 2.19 bits per heavy atom. The van der Waals surface area contributed by atoms with Crippen molar-refractivity contribution < 1.29 is 19.4 Å². The quantitative estimate of drug-likeness (QED) is 0.868. The number of rotatable bonds is 5. The van der Waals surface area contributed by atoms with Gasteiger partial charge in [-0.2, -0.15) is 0 Å². The lowest BCUT2D eigenvalue weighted by molar-refractivity contribution is -0.142. The van der Waals surface area contributed by atoms with E-state index in [1.54, 1.807) is 20.8 Å². The van der Waals surface area contributed by atoms with Gasteiger partial charge in [0.1, 0.15) is 0 Å². The van der Waals surface area contributed by atoms with Crippen molar-refractivity contribution in [3.05, 3.63) is 33.8 Å². The maximum Gasteiger partial charge on any atom is 0.328 e. The molecule has 0 aromatic heterocycles. The molecule has 21 heavy (non-hydrogen) atoms. The summed E-state index contributed by atoms with van der Waals surface area (Å²) in [6.07, 6.45) is 0. The molecular weight excluding hydrogens is 317 g/mol. The second-order valence-corrected chi connectivity index (χ2v) is 6.32. The summed E-state index contributed by atoms with van der Waals surface area (Å²) in [6.45, 7) is 5.25. The third kappa shape index (κ3) is 6.33. The maximum absolute atomic E-state index is 12.0. The van der Waals surface area contributed by atoms with Gasteiger partial charge in [-0.1, -0.05) is 23.2 Å². The summed E-state index contributed by atoms with van der Waals surface area (Å²) in [5, 5.41) is 12.1. The van der Waals surface area contributed by atoms with Gasteiger partial charge in [-0.25, -0.2) is 4.79 Å². The van der Waals surface area contributed by atoms with E-state index in [1.807, 2.05) is 0 Å². The molecule has 0 aliphatic heterocycles. The van der Waals surface area contributed by atoms with Crippen LogP contribution in [0.3, 0.4) is 0 Å². The molecule has 0 radical (unpaired) electrons. The molecule has 1 rings (SSSR count). The van der Waals surface area contributed by atoms with Crippen LogP contribution >= 0.6 is 23.2 Å². The van der Waals surface area contributed by atoms with E-state index in [2.05, 4.69) is 5.32 Å². The van der Waals surface area contributed by atoms with Gasteiger partial charge >= 0.3 is 5.97 Å². The predicted octanol–water partition coefficient (Wildman–Crippen LogP) is 2.99. The van der Waals surface area contributed by atoms with E-state index < -0.39 is 23.5 Å². The number of aliphatic carboxylic acids is 1. The molecule has 0 fully saturated rings. The third-order valence-corrected chi connectivity index (χ3v) is 2.85. The molecular formula is C14H17Cl2NO4. The van der Waals surface area contributed by atoms with E-state index in [0.29, 0.717) is 10.0 Å². The topological polar surface area (TPSA) is 75.6 Å². The Morgan fingerprint density at radius 1 is 1.24 bits per heavy atom. The number of amides is 1. The Bertz CT molecular complexity index is 520. The van der Waals surface area contributed by atoms with Crippen molar-refractivity contribution in [2.45, 2.75) is 32.4 Å². The first-order valence-corrected chi connectivity index (χ1v) is 6.98. The van der Waals surface area contributed by atoms with Crippen molar-refractivity contribution in [3.8, 4) is 0 Å². The molecule has 116 valence electrons. The highest BCUT2D eigenvalue weighted by atomic mass is 35.5. The monoisotopic (exact) mass is 333 g/mol. The second-order valence-electron chi connectivity index (χ2n) is 5.45. The Morgan fingerprint density at radius 2 is 1.76 bits per heavy atom. The minimum absolute atomic E-state index is 0.140. The van der Waals surface area contributed by atoms with Crippen LogP contribution in [0.5, 0.6) is 0 Å². The zero-order chi connectivity index (χ0) is 16.2. The van der Waals surface area contributed by atoms with Crippen LogP contribution in [-0.2, 0) is 9.53 Å². The zero-order valence-corrected chi connectivity index (χ0v) is 13.5. The van der Waals surface area contributed by atoms with Crippen LogP contribution in [0, 0.1) is 0 Å². The average molecular weight is 334 g/mol. The number of hydrogen-bond acceptors (Lipinski definition) is 3. The number of carboxylic acids is 1. The average Bonchev–Trinajstić information content (AvgIpc) is 2.31. The standard InChI is InChI=1S/C14H17Cl2NO4/c1-14(2,3)21-7-11(13(19)20)17-12(18)8-4-9(15)6-10(16)5-8/h4-6,11H,7H2,1-3H3,(H,17,18)(H,19,20)/t11-/m0/s1. The minimum atomic E-state index is -1.18. The summed E-state index contributed by atoms with van der Waals surface area (Å²) in [5.74, 6) is -1.76. The van der Waals surface area contributed by atoms with Gasteiger partial charge < -0.3 is 15.2 Å². The van der Waals surface area contributed by atoms with Gasteiger partial charge in [-0.3, -0.25) is 4.79 Å². The Balaban J connectivity index is 2.79. The van der Waals surface area contributed by atoms with E-state index in [-0.39, 0.29) is 12.2 Å². The molecule has 1 amide bonds.